The molecule has 0 aliphatic carbocycles. The standard InChI is InChI=1S/C8H4BrF2N3O2/c9-1-6-4(2-12)7(14(15)16)5(3-13-6)8(10)11/h3,8H,1H2. The lowest BCUT2D eigenvalue weighted by Gasteiger charge is -2.05. The van der Waals surface area contributed by atoms with Crippen LogP contribution >= 0.6 is 15.9 Å². The number of aromatic nitrogens is 1. The average molecular weight is 292 g/mol. The maximum Gasteiger partial charge on any atom is 0.299 e. The van der Waals surface area contributed by atoms with Gasteiger partial charge in [-0.2, -0.15) is 5.26 Å². The maximum absolute atomic E-state index is 12.5. The quantitative estimate of drug-likeness (QED) is 0.487. The summed E-state index contributed by atoms with van der Waals surface area (Å²) in [6, 6.07) is 1.52. The predicted octanol–water partition coefficient (Wildman–Crippen LogP) is 2.69. The third-order valence-electron chi connectivity index (χ3n) is 1.81. The number of nitro groups is 1. The number of hydrogen-bond donors (Lipinski definition) is 0. The van der Waals surface area contributed by atoms with E-state index in [0.717, 1.165) is 6.20 Å². The van der Waals surface area contributed by atoms with E-state index < -0.39 is 28.2 Å². The third kappa shape index (κ3) is 2.14. The van der Waals surface area contributed by atoms with Gasteiger partial charge in [0.15, 0.2) is 5.56 Å². The van der Waals surface area contributed by atoms with Crippen molar-refractivity contribution < 1.29 is 13.7 Å². The normalized spacial score (nSPS) is 10.2. The molecule has 0 aromatic carbocycles. The Balaban J connectivity index is 3.59. The van der Waals surface area contributed by atoms with Crippen LogP contribution in [0.4, 0.5) is 14.5 Å². The van der Waals surface area contributed by atoms with Crippen LogP contribution in [0.2, 0.25) is 0 Å². The van der Waals surface area contributed by atoms with Crippen molar-refractivity contribution in [2.24, 2.45) is 0 Å². The summed E-state index contributed by atoms with van der Waals surface area (Å²) in [4.78, 5) is 13.2. The summed E-state index contributed by atoms with van der Waals surface area (Å²) in [7, 11) is 0. The zero-order chi connectivity index (χ0) is 12.3. The Hall–Kier alpha value is -1.62. The monoisotopic (exact) mass is 291 g/mol. The van der Waals surface area contributed by atoms with Crippen molar-refractivity contribution in [2.45, 2.75) is 11.8 Å². The molecule has 0 atom stereocenters. The van der Waals surface area contributed by atoms with Crippen molar-refractivity contribution in [3.8, 4) is 6.07 Å². The van der Waals surface area contributed by atoms with Crippen LogP contribution in [0.3, 0.4) is 0 Å². The van der Waals surface area contributed by atoms with Crippen LogP contribution in [0.15, 0.2) is 6.20 Å². The molecule has 1 aromatic rings. The zero-order valence-electron chi connectivity index (χ0n) is 7.65. The van der Waals surface area contributed by atoms with E-state index in [9.17, 15) is 18.9 Å². The lowest BCUT2D eigenvalue weighted by Crippen LogP contribution is -2.04. The molecule has 16 heavy (non-hydrogen) atoms. The van der Waals surface area contributed by atoms with E-state index in [0.29, 0.717) is 0 Å². The SMILES string of the molecule is N#Cc1c(CBr)ncc(C(F)F)c1[N+](=O)[O-]. The van der Waals surface area contributed by atoms with Crippen molar-refractivity contribution >= 4 is 21.6 Å². The second-order valence-corrected chi connectivity index (χ2v) is 3.25. The molecule has 8 heteroatoms. The van der Waals surface area contributed by atoms with E-state index in [4.69, 9.17) is 5.26 Å². The van der Waals surface area contributed by atoms with Gasteiger partial charge in [0.05, 0.1) is 10.6 Å². The van der Waals surface area contributed by atoms with Crippen LogP contribution < -0.4 is 0 Å². The minimum atomic E-state index is -3.04. The number of halogens is 3. The fourth-order valence-electron chi connectivity index (χ4n) is 1.13. The summed E-state index contributed by atoms with van der Waals surface area (Å²) in [5.74, 6) is 0. The summed E-state index contributed by atoms with van der Waals surface area (Å²) in [5, 5.41) is 19.5. The van der Waals surface area contributed by atoms with Gasteiger partial charge in [0, 0.05) is 11.5 Å². The Kier molecular flexibility index (Phi) is 3.84. The number of hydrogen-bond acceptors (Lipinski definition) is 4. The molecule has 0 saturated heterocycles. The van der Waals surface area contributed by atoms with Gasteiger partial charge in [0.1, 0.15) is 11.6 Å². The van der Waals surface area contributed by atoms with Crippen molar-refractivity contribution in [1.82, 2.24) is 4.98 Å². The van der Waals surface area contributed by atoms with Gasteiger partial charge in [-0.05, 0) is 0 Å². The number of nitriles is 1. The van der Waals surface area contributed by atoms with E-state index in [1.165, 1.54) is 6.07 Å². The summed E-state index contributed by atoms with van der Waals surface area (Å²) >= 11 is 2.97. The highest BCUT2D eigenvalue weighted by atomic mass is 79.9. The molecule has 84 valence electrons. The molecule has 0 aliphatic rings. The molecule has 0 amide bonds. The molecule has 0 bridgehead atoms. The van der Waals surface area contributed by atoms with Crippen LogP contribution in [-0.2, 0) is 5.33 Å². The van der Waals surface area contributed by atoms with Crippen LogP contribution in [0.1, 0.15) is 23.2 Å². The molecular formula is C8H4BrF2N3O2. The molecule has 0 fully saturated rings. The first-order valence-electron chi connectivity index (χ1n) is 3.93. The van der Waals surface area contributed by atoms with E-state index in [-0.39, 0.29) is 11.0 Å². The van der Waals surface area contributed by atoms with E-state index in [1.54, 1.807) is 0 Å². The average Bonchev–Trinajstić information content (AvgIpc) is 2.26. The van der Waals surface area contributed by atoms with E-state index in [1.807, 2.05) is 0 Å². The highest BCUT2D eigenvalue weighted by Gasteiger charge is 2.28. The van der Waals surface area contributed by atoms with Crippen LogP contribution in [-0.4, -0.2) is 9.91 Å². The minimum Gasteiger partial charge on any atom is -0.258 e. The number of pyridine rings is 1. The molecule has 1 aromatic heterocycles. The highest BCUT2D eigenvalue weighted by Crippen LogP contribution is 2.32. The summed E-state index contributed by atoms with van der Waals surface area (Å²) in [6.07, 6.45) is -2.32. The molecule has 1 rings (SSSR count). The van der Waals surface area contributed by atoms with Gasteiger partial charge < -0.3 is 0 Å². The molecular weight excluding hydrogens is 288 g/mol. The van der Waals surface area contributed by atoms with Crippen LogP contribution in [0.5, 0.6) is 0 Å². The van der Waals surface area contributed by atoms with Gasteiger partial charge in [-0.15, -0.1) is 0 Å². The second kappa shape index (κ2) is 4.94. The number of alkyl halides is 3. The lowest BCUT2D eigenvalue weighted by atomic mass is 10.1. The summed E-state index contributed by atoms with van der Waals surface area (Å²) in [6.45, 7) is 0. The molecule has 5 nitrogen and oxygen atoms in total. The third-order valence-corrected chi connectivity index (χ3v) is 2.35. The van der Waals surface area contributed by atoms with Gasteiger partial charge in [-0.3, -0.25) is 15.1 Å². The first kappa shape index (κ1) is 12.4. The van der Waals surface area contributed by atoms with Gasteiger partial charge in [-0.1, -0.05) is 15.9 Å². The van der Waals surface area contributed by atoms with Gasteiger partial charge >= 0.3 is 0 Å². The first-order chi connectivity index (χ1) is 7.52. The Bertz CT molecular complexity index is 473. The lowest BCUT2D eigenvalue weighted by molar-refractivity contribution is -0.386. The topological polar surface area (TPSA) is 79.8 Å². The van der Waals surface area contributed by atoms with Crippen LogP contribution in [0.25, 0.3) is 0 Å². The predicted molar refractivity (Wildman–Crippen MR) is 53.2 cm³/mol. The molecule has 0 saturated carbocycles. The summed E-state index contributed by atoms with van der Waals surface area (Å²) in [5.41, 5.74) is -2.08. The van der Waals surface area contributed by atoms with E-state index in [2.05, 4.69) is 20.9 Å². The van der Waals surface area contributed by atoms with Crippen LogP contribution in [0, 0.1) is 21.4 Å². The summed E-state index contributed by atoms with van der Waals surface area (Å²) < 4.78 is 24.9. The van der Waals surface area contributed by atoms with Gasteiger partial charge in [0.2, 0.25) is 0 Å². The van der Waals surface area contributed by atoms with Crippen molar-refractivity contribution in [2.75, 3.05) is 0 Å². The highest BCUT2D eigenvalue weighted by molar-refractivity contribution is 9.08. The molecule has 0 spiro atoms. The largest absolute Gasteiger partial charge is 0.299 e. The minimum absolute atomic E-state index is 0.0681. The van der Waals surface area contributed by atoms with Gasteiger partial charge in [-0.25, -0.2) is 8.78 Å². The molecule has 1 heterocycles. The molecule has 0 radical (unpaired) electrons. The number of nitrogens with zero attached hydrogens (tertiary/aromatic N) is 3. The Morgan fingerprint density at radius 3 is 2.69 bits per heavy atom. The zero-order valence-corrected chi connectivity index (χ0v) is 9.24. The second-order valence-electron chi connectivity index (χ2n) is 2.69. The van der Waals surface area contributed by atoms with Crippen molar-refractivity contribution in [3.05, 3.63) is 33.1 Å². The molecule has 0 unspecified atom stereocenters. The fourth-order valence-corrected chi connectivity index (χ4v) is 1.55. The Morgan fingerprint density at radius 2 is 2.31 bits per heavy atom. The van der Waals surface area contributed by atoms with Crippen molar-refractivity contribution in [1.29, 1.82) is 5.26 Å². The van der Waals surface area contributed by atoms with E-state index >= 15 is 0 Å². The maximum atomic E-state index is 12.5. The molecule has 0 N–H and O–H groups in total. The van der Waals surface area contributed by atoms with Crippen molar-refractivity contribution in [3.63, 3.8) is 0 Å². The Labute approximate surface area is 97.0 Å². The number of rotatable bonds is 3. The van der Waals surface area contributed by atoms with Gasteiger partial charge in [0.25, 0.3) is 12.1 Å². The first-order valence-corrected chi connectivity index (χ1v) is 5.05. The Morgan fingerprint density at radius 1 is 1.69 bits per heavy atom. The smallest absolute Gasteiger partial charge is 0.258 e. The fraction of sp³-hybridized carbons (Fsp3) is 0.250. The molecule has 0 aliphatic heterocycles.